The summed E-state index contributed by atoms with van der Waals surface area (Å²) in [6.07, 6.45) is 3.30. The van der Waals surface area contributed by atoms with Crippen molar-refractivity contribution in [2.24, 2.45) is 22.7 Å². The Labute approximate surface area is 215 Å². The van der Waals surface area contributed by atoms with Gasteiger partial charge in [-0.3, -0.25) is 0 Å². The predicted octanol–water partition coefficient (Wildman–Crippen LogP) is 6.04. The van der Waals surface area contributed by atoms with Crippen LogP contribution in [-0.4, -0.2) is 31.0 Å². The molecule has 2 aromatic carbocycles. The van der Waals surface area contributed by atoms with E-state index < -0.39 is 0 Å². The smallest absolute Gasteiger partial charge is 0.107 e. The molecule has 3 N–H and O–H groups in total. The zero-order valence-corrected chi connectivity index (χ0v) is 21.0. The number of oxime groups is 1. The zero-order valence-electron chi connectivity index (χ0n) is 21.0. The second kappa shape index (κ2) is 14.0. The van der Waals surface area contributed by atoms with Crippen molar-refractivity contribution in [3.63, 3.8) is 0 Å². The van der Waals surface area contributed by atoms with Crippen molar-refractivity contribution in [1.82, 2.24) is 19.6 Å². The van der Waals surface area contributed by atoms with Crippen LogP contribution in [0.5, 0.6) is 0 Å². The summed E-state index contributed by atoms with van der Waals surface area (Å²) >= 11 is 0. The first kappa shape index (κ1) is 28.5. The van der Waals surface area contributed by atoms with Gasteiger partial charge in [0.15, 0.2) is 0 Å². The highest BCUT2D eigenvalue weighted by Crippen LogP contribution is 2.17. The number of hydrogen-bond acceptors (Lipinski definition) is 5. The minimum absolute atomic E-state index is 0. The Bertz CT molecular complexity index is 1190. The van der Waals surface area contributed by atoms with Crippen LogP contribution in [0.4, 0.5) is 0 Å². The van der Waals surface area contributed by atoms with E-state index >= 15 is 0 Å². The Hall–Kier alpha value is -3.71. The summed E-state index contributed by atoms with van der Waals surface area (Å²) in [5.41, 5.74) is 11.7. The fraction of sp³-hybridized carbons (Fsp3) is 0.345. The van der Waals surface area contributed by atoms with Gasteiger partial charge in [0.05, 0.1) is 23.3 Å². The molecule has 4 aromatic rings. The first-order valence-electron chi connectivity index (χ1n) is 12.1. The first-order valence-corrected chi connectivity index (χ1v) is 12.1. The third kappa shape index (κ3) is 7.92. The number of hydrogen-bond donors (Lipinski definition) is 2. The van der Waals surface area contributed by atoms with Crippen LogP contribution >= 0.6 is 0 Å². The quantitative estimate of drug-likeness (QED) is 0.179. The Morgan fingerprint density at radius 1 is 0.806 bits per heavy atom. The molecule has 4 rings (SSSR count). The number of para-hydroxylation sites is 2. The van der Waals surface area contributed by atoms with Gasteiger partial charge in [-0.1, -0.05) is 76.7 Å². The van der Waals surface area contributed by atoms with E-state index in [4.69, 9.17) is 10.9 Å². The molecule has 0 unspecified atom stereocenters. The van der Waals surface area contributed by atoms with Crippen LogP contribution < -0.4 is 5.73 Å². The Kier molecular flexibility index (Phi) is 11.1. The summed E-state index contributed by atoms with van der Waals surface area (Å²) in [5, 5.41) is 20.6. The lowest BCUT2D eigenvalue weighted by atomic mass is 10.1. The first-order chi connectivity index (χ1) is 16.9. The Balaban J connectivity index is 0.000000247. The lowest BCUT2D eigenvalue weighted by Gasteiger charge is -2.08. The summed E-state index contributed by atoms with van der Waals surface area (Å²) in [6, 6.07) is 24.2. The summed E-state index contributed by atoms with van der Waals surface area (Å²) in [5.74, 6) is 1.16. The standard InChI is InChI=1S/C14H17N3O.C14H19N3.CH4/c1-11(2)8-14-9-12(10-15-18)16-17(14)13-6-4-3-5-7-13;1-11(2)8-14-9-12(10-15)16-17(14)13-6-4-3-5-7-13;/h3-7,9-11,18H,8H2,1-2H3;3-7,9,11H,8,10,15H2,1-2H3;1H4/b15-10+;;. The maximum absolute atomic E-state index is 8.59. The molecule has 0 aliphatic carbocycles. The Morgan fingerprint density at radius 2 is 1.28 bits per heavy atom. The highest BCUT2D eigenvalue weighted by molar-refractivity contribution is 5.76. The van der Waals surface area contributed by atoms with Crippen LogP contribution in [0.3, 0.4) is 0 Å². The second-order valence-corrected chi connectivity index (χ2v) is 9.33. The molecule has 2 heterocycles. The normalized spacial score (nSPS) is 11.0. The third-order valence-corrected chi connectivity index (χ3v) is 5.27. The summed E-state index contributed by atoms with van der Waals surface area (Å²) in [7, 11) is 0. The topological polar surface area (TPSA) is 94.2 Å². The maximum atomic E-state index is 8.59. The van der Waals surface area contributed by atoms with E-state index in [9.17, 15) is 0 Å². The number of nitrogens with two attached hydrogens (primary N) is 1. The zero-order chi connectivity index (χ0) is 25.2. The van der Waals surface area contributed by atoms with Crippen molar-refractivity contribution in [2.75, 3.05) is 0 Å². The number of rotatable bonds is 8. The van der Waals surface area contributed by atoms with Gasteiger partial charge in [0.2, 0.25) is 0 Å². The molecule has 0 fully saturated rings. The van der Waals surface area contributed by atoms with Crippen molar-refractivity contribution in [1.29, 1.82) is 0 Å². The van der Waals surface area contributed by atoms with Crippen LogP contribution in [0.25, 0.3) is 11.4 Å². The molecule has 0 aliphatic heterocycles. The van der Waals surface area contributed by atoms with Gasteiger partial charge in [0.1, 0.15) is 5.69 Å². The van der Waals surface area contributed by atoms with E-state index in [1.54, 1.807) is 0 Å². The highest BCUT2D eigenvalue weighted by Gasteiger charge is 2.11. The molecule has 0 radical (unpaired) electrons. The van der Waals surface area contributed by atoms with Gasteiger partial charge in [-0.05, 0) is 61.1 Å². The van der Waals surface area contributed by atoms with Gasteiger partial charge in [-0.25, -0.2) is 9.36 Å². The SMILES string of the molecule is C.CC(C)Cc1cc(/C=N/O)nn1-c1ccccc1.CC(C)Cc1cc(CN)nn1-c1ccccc1. The van der Waals surface area contributed by atoms with E-state index in [1.165, 1.54) is 11.9 Å². The Morgan fingerprint density at radius 3 is 1.72 bits per heavy atom. The van der Waals surface area contributed by atoms with Crippen molar-refractivity contribution in [2.45, 2.75) is 54.5 Å². The molecule has 0 bridgehead atoms. The molecule has 7 nitrogen and oxygen atoms in total. The molecule has 0 amide bonds. The van der Waals surface area contributed by atoms with E-state index in [2.05, 4.69) is 61.2 Å². The summed E-state index contributed by atoms with van der Waals surface area (Å²) < 4.78 is 3.90. The predicted molar refractivity (Wildman–Crippen MR) is 148 cm³/mol. The number of benzene rings is 2. The van der Waals surface area contributed by atoms with Crippen LogP contribution in [0.15, 0.2) is 78.0 Å². The van der Waals surface area contributed by atoms with Crippen LogP contribution in [0.2, 0.25) is 0 Å². The molecular formula is C29H40N6O. The van der Waals surface area contributed by atoms with Crippen molar-refractivity contribution >= 4 is 6.21 Å². The number of aromatic nitrogens is 4. The molecule has 0 spiro atoms. The lowest BCUT2D eigenvalue weighted by molar-refractivity contribution is 0.321. The summed E-state index contributed by atoms with van der Waals surface area (Å²) in [6.45, 7) is 9.25. The van der Waals surface area contributed by atoms with Crippen LogP contribution in [0, 0.1) is 11.8 Å². The van der Waals surface area contributed by atoms with Gasteiger partial charge in [-0.2, -0.15) is 10.2 Å². The molecule has 7 heteroatoms. The molecule has 192 valence electrons. The average Bonchev–Trinajstić information content (AvgIpc) is 3.44. The number of nitrogens with zero attached hydrogens (tertiary/aromatic N) is 5. The fourth-order valence-corrected chi connectivity index (χ4v) is 3.85. The second-order valence-electron chi connectivity index (χ2n) is 9.33. The minimum Gasteiger partial charge on any atom is -0.411 e. The lowest BCUT2D eigenvalue weighted by Crippen LogP contribution is -2.05. The van der Waals surface area contributed by atoms with Gasteiger partial charge >= 0.3 is 0 Å². The van der Waals surface area contributed by atoms with Gasteiger partial charge in [0.25, 0.3) is 0 Å². The van der Waals surface area contributed by atoms with Crippen LogP contribution in [-0.2, 0) is 19.4 Å². The van der Waals surface area contributed by atoms with Gasteiger partial charge in [-0.15, -0.1) is 0 Å². The molecular weight excluding hydrogens is 448 g/mol. The summed E-state index contributed by atoms with van der Waals surface area (Å²) in [4.78, 5) is 0. The van der Waals surface area contributed by atoms with E-state index in [0.717, 1.165) is 35.6 Å². The van der Waals surface area contributed by atoms with Crippen molar-refractivity contribution in [3.05, 3.63) is 95.6 Å². The average molecular weight is 489 g/mol. The molecule has 0 atom stereocenters. The molecule has 36 heavy (non-hydrogen) atoms. The monoisotopic (exact) mass is 488 g/mol. The largest absolute Gasteiger partial charge is 0.411 e. The maximum Gasteiger partial charge on any atom is 0.107 e. The van der Waals surface area contributed by atoms with Crippen LogP contribution in [0.1, 0.15) is 57.9 Å². The molecule has 0 saturated heterocycles. The van der Waals surface area contributed by atoms with Gasteiger partial charge < -0.3 is 10.9 Å². The van der Waals surface area contributed by atoms with E-state index in [-0.39, 0.29) is 7.43 Å². The van der Waals surface area contributed by atoms with E-state index in [0.29, 0.717) is 24.1 Å². The molecule has 0 aliphatic rings. The minimum atomic E-state index is 0. The molecule has 0 saturated carbocycles. The molecule has 2 aromatic heterocycles. The fourth-order valence-electron chi connectivity index (χ4n) is 3.85. The van der Waals surface area contributed by atoms with Crippen molar-refractivity contribution in [3.8, 4) is 11.4 Å². The van der Waals surface area contributed by atoms with E-state index in [1.807, 2.05) is 64.0 Å². The van der Waals surface area contributed by atoms with Crippen molar-refractivity contribution < 1.29 is 5.21 Å². The third-order valence-electron chi connectivity index (χ3n) is 5.27. The highest BCUT2D eigenvalue weighted by atomic mass is 16.4. The van der Waals surface area contributed by atoms with Gasteiger partial charge in [0, 0.05) is 17.9 Å².